The highest BCUT2D eigenvalue weighted by atomic mass is 35.5. The van der Waals surface area contributed by atoms with Gasteiger partial charge in [-0.25, -0.2) is 0 Å². The van der Waals surface area contributed by atoms with E-state index in [9.17, 15) is 9.59 Å². The second-order valence-electron chi connectivity index (χ2n) is 4.96. The van der Waals surface area contributed by atoms with Crippen LogP contribution >= 0.6 is 12.4 Å². The third kappa shape index (κ3) is 7.38. The van der Waals surface area contributed by atoms with Crippen molar-refractivity contribution in [3.05, 3.63) is 0 Å². The second-order valence-corrected chi connectivity index (χ2v) is 4.96. The average molecular weight is 292 g/mol. The summed E-state index contributed by atoms with van der Waals surface area (Å²) in [7, 11) is 0. The molecule has 0 radical (unpaired) electrons. The SMILES string of the molecule is CCC(C)NC(=O)CCNC(=O)C1CCCNC1.Cl. The maximum Gasteiger partial charge on any atom is 0.224 e. The molecule has 0 spiro atoms. The van der Waals surface area contributed by atoms with Crippen molar-refractivity contribution >= 4 is 24.2 Å². The molecule has 1 fully saturated rings. The van der Waals surface area contributed by atoms with Gasteiger partial charge in [0.05, 0.1) is 5.92 Å². The summed E-state index contributed by atoms with van der Waals surface area (Å²) in [5.74, 6) is 0.140. The van der Waals surface area contributed by atoms with Gasteiger partial charge in [0.2, 0.25) is 11.8 Å². The first-order chi connectivity index (χ1) is 8.63. The summed E-state index contributed by atoms with van der Waals surface area (Å²) < 4.78 is 0. The van der Waals surface area contributed by atoms with E-state index in [1.165, 1.54) is 0 Å². The quantitative estimate of drug-likeness (QED) is 0.679. The van der Waals surface area contributed by atoms with Crippen LogP contribution in [-0.2, 0) is 9.59 Å². The fraction of sp³-hybridized carbons (Fsp3) is 0.846. The Morgan fingerprint density at radius 3 is 2.74 bits per heavy atom. The van der Waals surface area contributed by atoms with Crippen molar-refractivity contribution in [2.45, 2.75) is 45.6 Å². The van der Waals surface area contributed by atoms with E-state index in [0.717, 1.165) is 32.4 Å². The maximum atomic E-state index is 11.8. The largest absolute Gasteiger partial charge is 0.355 e. The lowest BCUT2D eigenvalue weighted by atomic mass is 9.99. The van der Waals surface area contributed by atoms with E-state index in [-0.39, 0.29) is 36.2 Å². The third-order valence-corrected chi connectivity index (χ3v) is 3.34. The number of carbonyl (C=O) groups excluding carboxylic acids is 2. The van der Waals surface area contributed by atoms with Crippen LogP contribution in [0.25, 0.3) is 0 Å². The number of halogens is 1. The molecule has 2 unspecified atom stereocenters. The van der Waals surface area contributed by atoms with Gasteiger partial charge in [-0.2, -0.15) is 0 Å². The molecule has 1 aliphatic rings. The van der Waals surface area contributed by atoms with E-state index in [1.807, 2.05) is 13.8 Å². The summed E-state index contributed by atoms with van der Waals surface area (Å²) in [6, 6.07) is 0.204. The third-order valence-electron chi connectivity index (χ3n) is 3.34. The number of rotatable bonds is 6. The molecular formula is C13H26ClN3O2. The molecule has 0 aromatic rings. The molecule has 3 N–H and O–H groups in total. The van der Waals surface area contributed by atoms with Gasteiger partial charge in [-0.05, 0) is 32.7 Å². The highest BCUT2D eigenvalue weighted by Crippen LogP contribution is 2.09. The Kier molecular flexibility index (Phi) is 9.61. The van der Waals surface area contributed by atoms with E-state index in [4.69, 9.17) is 0 Å². The van der Waals surface area contributed by atoms with Crippen molar-refractivity contribution in [3.63, 3.8) is 0 Å². The number of hydrogen-bond acceptors (Lipinski definition) is 3. The predicted molar refractivity (Wildman–Crippen MR) is 78.4 cm³/mol. The minimum atomic E-state index is 0. The summed E-state index contributed by atoms with van der Waals surface area (Å²) in [5, 5.41) is 8.92. The molecule has 0 aromatic carbocycles. The van der Waals surface area contributed by atoms with E-state index in [2.05, 4.69) is 16.0 Å². The van der Waals surface area contributed by atoms with Crippen molar-refractivity contribution in [1.29, 1.82) is 0 Å². The maximum absolute atomic E-state index is 11.8. The fourth-order valence-corrected chi connectivity index (χ4v) is 1.97. The Morgan fingerprint density at radius 2 is 2.16 bits per heavy atom. The Bertz CT molecular complexity index is 281. The first-order valence-electron chi connectivity index (χ1n) is 6.91. The van der Waals surface area contributed by atoms with Crippen LogP contribution < -0.4 is 16.0 Å². The van der Waals surface area contributed by atoms with E-state index in [0.29, 0.717) is 13.0 Å². The Balaban J connectivity index is 0.00000324. The van der Waals surface area contributed by atoms with Gasteiger partial charge in [-0.15, -0.1) is 12.4 Å². The molecule has 1 saturated heterocycles. The average Bonchev–Trinajstić information content (AvgIpc) is 2.39. The molecular weight excluding hydrogens is 266 g/mol. The molecule has 0 aliphatic carbocycles. The molecule has 0 saturated carbocycles. The van der Waals surface area contributed by atoms with Crippen LogP contribution in [0.3, 0.4) is 0 Å². The molecule has 19 heavy (non-hydrogen) atoms. The zero-order valence-corrected chi connectivity index (χ0v) is 12.6. The smallest absolute Gasteiger partial charge is 0.224 e. The number of hydrogen-bond donors (Lipinski definition) is 3. The van der Waals surface area contributed by atoms with Gasteiger partial charge in [0.1, 0.15) is 0 Å². The monoisotopic (exact) mass is 291 g/mol. The van der Waals surface area contributed by atoms with E-state index >= 15 is 0 Å². The lowest BCUT2D eigenvalue weighted by Gasteiger charge is -2.21. The fourth-order valence-electron chi connectivity index (χ4n) is 1.97. The Hall–Kier alpha value is -0.810. The highest BCUT2D eigenvalue weighted by molar-refractivity contribution is 5.85. The highest BCUT2D eigenvalue weighted by Gasteiger charge is 2.20. The lowest BCUT2D eigenvalue weighted by molar-refractivity contribution is -0.125. The molecule has 0 aromatic heterocycles. The summed E-state index contributed by atoms with van der Waals surface area (Å²) in [6.07, 6.45) is 3.27. The molecule has 1 aliphatic heterocycles. The zero-order valence-electron chi connectivity index (χ0n) is 11.8. The van der Waals surface area contributed by atoms with Gasteiger partial charge in [-0.1, -0.05) is 6.92 Å². The van der Waals surface area contributed by atoms with Gasteiger partial charge >= 0.3 is 0 Å². The Morgan fingerprint density at radius 1 is 1.42 bits per heavy atom. The zero-order chi connectivity index (χ0) is 13.4. The summed E-state index contributed by atoms with van der Waals surface area (Å²) >= 11 is 0. The van der Waals surface area contributed by atoms with E-state index < -0.39 is 0 Å². The molecule has 1 heterocycles. The summed E-state index contributed by atoms with van der Waals surface area (Å²) in [5.41, 5.74) is 0. The van der Waals surface area contributed by atoms with Gasteiger partial charge < -0.3 is 16.0 Å². The standard InChI is InChI=1S/C13H25N3O2.ClH/c1-3-10(2)16-12(17)6-8-15-13(18)11-5-4-7-14-9-11;/h10-11,14H,3-9H2,1-2H3,(H,15,18)(H,16,17);1H. The summed E-state index contributed by atoms with van der Waals surface area (Å²) in [6.45, 7) is 6.19. The Labute approximate surface area is 121 Å². The molecule has 5 nitrogen and oxygen atoms in total. The minimum Gasteiger partial charge on any atom is -0.355 e. The van der Waals surface area contributed by atoms with Crippen molar-refractivity contribution in [2.24, 2.45) is 5.92 Å². The number of amides is 2. The molecule has 112 valence electrons. The van der Waals surface area contributed by atoms with Crippen LogP contribution in [0.15, 0.2) is 0 Å². The van der Waals surface area contributed by atoms with Crippen LogP contribution in [0.4, 0.5) is 0 Å². The van der Waals surface area contributed by atoms with Crippen LogP contribution in [0.1, 0.15) is 39.5 Å². The van der Waals surface area contributed by atoms with Gasteiger partial charge in [0.25, 0.3) is 0 Å². The van der Waals surface area contributed by atoms with Crippen LogP contribution in [0.5, 0.6) is 0 Å². The molecule has 2 amide bonds. The molecule has 0 bridgehead atoms. The van der Waals surface area contributed by atoms with Crippen LogP contribution in [-0.4, -0.2) is 37.5 Å². The van der Waals surface area contributed by atoms with Crippen molar-refractivity contribution in [1.82, 2.24) is 16.0 Å². The first-order valence-corrected chi connectivity index (χ1v) is 6.91. The number of nitrogens with one attached hydrogen (secondary N) is 3. The lowest BCUT2D eigenvalue weighted by Crippen LogP contribution is -2.42. The van der Waals surface area contributed by atoms with Crippen molar-refractivity contribution in [2.75, 3.05) is 19.6 Å². The normalized spacial score (nSPS) is 20.0. The number of piperidine rings is 1. The molecule has 2 atom stereocenters. The minimum absolute atomic E-state index is 0. The van der Waals surface area contributed by atoms with Gasteiger partial charge in [0.15, 0.2) is 0 Å². The van der Waals surface area contributed by atoms with Gasteiger partial charge in [-0.3, -0.25) is 9.59 Å². The topological polar surface area (TPSA) is 70.2 Å². The van der Waals surface area contributed by atoms with Crippen molar-refractivity contribution in [3.8, 4) is 0 Å². The van der Waals surface area contributed by atoms with E-state index in [1.54, 1.807) is 0 Å². The summed E-state index contributed by atoms with van der Waals surface area (Å²) in [4.78, 5) is 23.3. The van der Waals surface area contributed by atoms with Crippen LogP contribution in [0, 0.1) is 5.92 Å². The van der Waals surface area contributed by atoms with Crippen LogP contribution in [0.2, 0.25) is 0 Å². The van der Waals surface area contributed by atoms with Crippen molar-refractivity contribution < 1.29 is 9.59 Å². The number of carbonyl (C=O) groups is 2. The first kappa shape index (κ1) is 18.2. The predicted octanol–water partition coefficient (Wildman–Crippen LogP) is 0.829. The molecule has 6 heteroatoms. The molecule has 1 rings (SSSR count). The second kappa shape index (κ2) is 10.0. The van der Waals surface area contributed by atoms with Gasteiger partial charge in [0, 0.05) is 25.6 Å².